The minimum atomic E-state index is -0.709. The van der Waals surface area contributed by atoms with Gasteiger partial charge < -0.3 is 19.3 Å². The number of nitrogens with zero attached hydrogens (tertiary/aromatic N) is 1. The number of nitriles is 1. The Morgan fingerprint density at radius 1 is 1.19 bits per heavy atom. The molecule has 0 amide bonds. The number of aryl methyl sites for hydroxylation is 2. The fraction of sp³-hybridized carbons (Fsp3) is 0.562. The van der Waals surface area contributed by atoms with Crippen LogP contribution in [-0.2, 0) is 9.47 Å². The Bertz CT molecular complexity index is 473. The molecule has 5 nitrogen and oxygen atoms in total. The van der Waals surface area contributed by atoms with Crippen molar-refractivity contribution in [2.24, 2.45) is 0 Å². The van der Waals surface area contributed by atoms with E-state index in [9.17, 15) is 5.11 Å². The van der Waals surface area contributed by atoms with Crippen LogP contribution in [0, 0.1) is 25.2 Å². The van der Waals surface area contributed by atoms with Crippen molar-refractivity contribution in [1.82, 2.24) is 0 Å². The highest BCUT2D eigenvalue weighted by molar-refractivity contribution is 5.47. The summed E-state index contributed by atoms with van der Waals surface area (Å²) in [7, 11) is 1.61. The van der Waals surface area contributed by atoms with Gasteiger partial charge in [-0.05, 0) is 44.0 Å². The highest BCUT2D eigenvalue weighted by Gasteiger charge is 2.12. The van der Waals surface area contributed by atoms with Crippen molar-refractivity contribution in [2.75, 3.05) is 26.9 Å². The Labute approximate surface area is 126 Å². The van der Waals surface area contributed by atoms with Gasteiger partial charge in [0.15, 0.2) is 0 Å². The van der Waals surface area contributed by atoms with E-state index in [4.69, 9.17) is 19.5 Å². The first-order valence-electron chi connectivity index (χ1n) is 6.90. The van der Waals surface area contributed by atoms with Crippen molar-refractivity contribution in [3.63, 3.8) is 0 Å². The molecule has 1 rings (SSSR count). The van der Waals surface area contributed by atoms with Crippen LogP contribution in [0.4, 0.5) is 0 Å². The van der Waals surface area contributed by atoms with Crippen LogP contribution in [0.5, 0.6) is 5.75 Å². The maximum Gasteiger partial charge on any atom is 0.125 e. The topological polar surface area (TPSA) is 71.7 Å². The molecule has 0 radical (unpaired) electrons. The zero-order chi connectivity index (χ0) is 15.8. The Kier molecular flexibility index (Phi) is 7.17. The van der Waals surface area contributed by atoms with E-state index in [-0.39, 0.29) is 19.3 Å². The molecule has 0 heterocycles. The second kappa shape index (κ2) is 8.63. The number of methoxy groups -OCH3 is 1. The summed E-state index contributed by atoms with van der Waals surface area (Å²) in [6.45, 7) is 6.47. The van der Waals surface area contributed by atoms with Crippen molar-refractivity contribution < 1.29 is 19.3 Å². The maximum absolute atomic E-state index is 9.87. The predicted molar refractivity (Wildman–Crippen MR) is 79.4 cm³/mol. The van der Waals surface area contributed by atoms with E-state index in [1.165, 1.54) is 0 Å². The number of ether oxygens (including phenoxy) is 3. The number of hydrogen-bond donors (Lipinski definition) is 1. The zero-order valence-electron chi connectivity index (χ0n) is 13.0. The summed E-state index contributed by atoms with van der Waals surface area (Å²) in [5.41, 5.74) is 2.37. The lowest BCUT2D eigenvalue weighted by Gasteiger charge is -2.18. The van der Waals surface area contributed by atoms with Crippen LogP contribution in [0.25, 0.3) is 0 Å². The van der Waals surface area contributed by atoms with Crippen molar-refractivity contribution >= 4 is 0 Å². The molecule has 0 aromatic heterocycles. The third kappa shape index (κ3) is 5.72. The molecular weight excluding hydrogens is 270 g/mol. The highest BCUT2D eigenvalue weighted by atomic mass is 16.5. The lowest BCUT2D eigenvalue weighted by atomic mass is 10.1. The summed E-state index contributed by atoms with van der Waals surface area (Å²) < 4.78 is 16.0. The largest absolute Gasteiger partial charge is 0.490 e. The third-order valence-corrected chi connectivity index (χ3v) is 2.98. The van der Waals surface area contributed by atoms with Gasteiger partial charge in [-0.3, -0.25) is 0 Å². The number of aliphatic hydroxyl groups is 1. The van der Waals surface area contributed by atoms with Gasteiger partial charge in [0.2, 0.25) is 0 Å². The lowest BCUT2D eigenvalue weighted by molar-refractivity contribution is -0.0424. The van der Waals surface area contributed by atoms with Crippen molar-refractivity contribution in [1.29, 1.82) is 5.26 Å². The molecule has 0 saturated carbocycles. The van der Waals surface area contributed by atoms with Crippen LogP contribution in [0.15, 0.2) is 12.1 Å². The van der Waals surface area contributed by atoms with Crippen LogP contribution in [-0.4, -0.2) is 44.2 Å². The molecule has 0 fully saturated rings. The van der Waals surface area contributed by atoms with Gasteiger partial charge in [0.1, 0.15) is 18.5 Å². The average molecular weight is 293 g/mol. The summed E-state index contributed by atoms with van der Waals surface area (Å²) in [5, 5.41) is 18.8. The molecular formula is C16H23NO4. The number of hydrogen-bond acceptors (Lipinski definition) is 5. The van der Waals surface area contributed by atoms with Gasteiger partial charge in [0.25, 0.3) is 0 Å². The van der Waals surface area contributed by atoms with Crippen LogP contribution >= 0.6 is 0 Å². The summed E-state index contributed by atoms with van der Waals surface area (Å²) in [6, 6.07) is 5.65. The van der Waals surface area contributed by atoms with Crippen molar-refractivity contribution in [3.8, 4) is 11.8 Å². The molecule has 21 heavy (non-hydrogen) atoms. The highest BCUT2D eigenvalue weighted by Crippen LogP contribution is 2.24. The first kappa shape index (κ1) is 17.4. The van der Waals surface area contributed by atoms with E-state index in [0.717, 1.165) is 11.1 Å². The molecule has 5 heteroatoms. The van der Waals surface area contributed by atoms with E-state index in [1.54, 1.807) is 19.2 Å². The summed E-state index contributed by atoms with van der Waals surface area (Å²) in [4.78, 5) is 0. The Morgan fingerprint density at radius 3 is 2.33 bits per heavy atom. The Balaban J connectivity index is 2.50. The molecule has 0 saturated heterocycles. The maximum atomic E-state index is 9.87. The molecule has 2 unspecified atom stereocenters. The summed E-state index contributed by atoms with van der Waals surface area (Å²) >= 11 is 0. The van der Waals surface area contributed by atoms with Crippen LogP contribution in [0.3, 0.4) is 0 Å². The van der Waals surface area contributed by atoms with Gasteiger partial charge in [0, 0.05) is 7.11 Å². The SMILES string of the molecule is COCC(C)OCC(O)COc1c(C)cc(C#N)cc1C. The lowest BCUT2D eigenvalue weighted by Crippen LogP contribution is -2.27. The molecule has 0 aliphatic heterocycles. The normalized spacial score (nSPS) is 13.5. The molecule has 0 aliphatic rings. The second-order valence-electron chi connectivity index (χ2n) is 5.12. The van der Waals surface area contributed by atoms with Crippen LogP contribution in [0.2, 0.25) is 0 Å². The Morgan fingerprint density at radius 2 is 1.81 bits per heavy atom. The van der Waals surface area contributed by atoms with Gasteiger partial charge >= 0.3 is 0 Å². The van der Waals surface area contributed by atoms with Crippen LogP contribution < -0.4 is 4.74 Å². The molecule has 2 atom stereocenters. The minimum absolute atomic E-state index is 0.0666. The molecule has 0 aliphatic carbocycles. The summed E-state index contributed by atoms with van der Waals surface area (Å²) in [5.74, 6) is 0.706. The first-order chi connectivity index (χ1) is 9.97. The standard InChI is InChI=1S/C16H23NO4/c1-11-5-14(7-17)6-12(2)16(11)21-10-15(18)9-20-13(3)8-19-4/h5-6,13,15,18H,8-10H2,1-4H3. The third-order valence-electron chi connectivity index (χ3n) is 2.98. The quantitative estimate of drug-likeness (QED) is 0.793. The van der Waals surface area contributed by atoms with Crippen molar-refractivity contribution in [3.05, 3.63) is 28.8 Å². The predicted octanol–water partition coefficient (Wildman–Crippen LogP) is 1.97. The smallest absolute Gasteiger partial charge is 0.125 e. The van der Waals surface area contributed by atoms with Gasteiger partial charge in [-0.25, -0.2) is 0 Å². The Hall–Kier alpha value is -1.61. The van der Waals surface area contributed by atoms with E-state index >= 15 is 0 Å². The molecule has 1 aromatic rings. The van der Waals surface area contributed by atoms with E-state index in [1.807, 2.05) is 20.8 Å². The molecule has 0 spiro atoms. The van der Waals surface area contributed by atoms with Gasteiger partial charge in [0.05, 0.1) is 31.0 Å². The fourth-order valence-electron chi connectivity index (χ4n) is 2.03. The van der Waals surface area contributed by atoms with Gasteiger partial charge in [-0.15, -0.1) is 0 Å². The first-order valence-corrected chi connectivity index (χ1v) is 6.90. The van der Waals surface area contributed by atoms with Crippen molar-refractivity contribution in [2.45, 2.75) is 33.0 Å². The monoisotopic (exact) mass is 293 g/mol. The van der Waals surface area contributed by atoms with E-state index in [2.05, 4.69) is 6.07 Å². The number of benzene rings is 1. The van der Waals surface area contributed by atoms with E-state index in [0.29, 0.717) is 17.9 Å². The summed E-state index contributed by atoms with van der Waals surface area (Å²) in [6.07, 6.45) is -0.776. The van der Waals surface area contributed by atoms with Gasteiger partial charge in [-0.1, -0.05) is 0 Å². The average Bonchev–Trinajstić information content (AvgIpc) is 2.44. The number of rotatable bonds is 8. The van der Waals surface area contributed by atoms with Crippen LogP contribution in [0.1, 0.15) is 23.6 Å². The van der Waals surface area contributed by atoms with Gasteiger partial charge in [-0.2, -0.15) is 5.26 Å². The molecule has 116 valence electrons. The second-order valence-corrected chi connectivity index (χ2v) is 5.12. The minimum Gasteiger partial charge on any atom is -0.490 e. The molecule has 1 aromatic carbocycles. The molecule has 0 bridgehead atoms. The van der Waals surface area contributed by atoms with E-state index < -0.39 is 6.10 Å². The molecule has 1 N–H and O–H groups in total. The number of aliphatic hydroxyl groups excluding tert-OH is 1. The zero-order valence-corrected chi connectivity index (χ0v) is 13.0. The fourth-order valence-corrected chi connectivity index (χ4v) is 2.03.